The fourth-order valence-corrected chi connectivity index (χ4v) is 2.09. The molecule has 4 heteroatoms. The lowest BCUT2D eigenvalue weighted by molar-refractivity contribution is -0.137. The number of aliphatic carboxylic acids is 1. The normalized spacial score (nSPS) is 16.5. The summed E-state index contributed by atoms with van der Waals surface area (Å²) < 4.78 is 0. The molecule has 3 nitrogen and oxygen atoms in total. The molecule has 1 aliphatic rings. The number of thiazole rings is 1. The van der Waals surface area contributed by atoms with E-state index in [2.05, 4.69) is 11.1 Å². The fraction of sp³-hybridized carbons (Fsp3) is 0.333. The highest BCUT2D eigenvalue weighted by Gasteiger charge is 2.25. The Morgan fingerprint density at radius 3 is 3.00 bits per heavy atom. The number of carboxylic acids is 1. The van der Waals surface area contributed by atoms with Gasteiger partial charge in [-0.05, 0) is 6.42 Å². The van der Waals surface area contributed by atoms with Gasteiger partial charge in [0.25, 0.3) is 0 Å². The summed E-state index contributed by atoms with van der Waals surface area (Å²) in [7, 11) is 0. The van der Waals surface area contributed by atoms with Crippen LogP contribution in [0.5, 0.6) is 0 Å². The van der Waals surface area contributed by atoms with Gasteiger partial charge < -0.3 is 5.11 Å². The minimum Gasteiger partial charge on any atom is -0.481 e. The third-order valence-corrected chi connectivity index (χ3v) is 2.95. The molecule has 1 N–H and O–H groups in total. The molecule has 0 aromatic carbocycles. The zero-order valence-corrected chi connectivity index (χ0v) is 7.75. The molecule has 1 aromatic rings. The second-order valence-corrected chi connectivity index (χ2v) is 3.96. The van der Waals surface area contributed by atoms with Gasteiger partial charge in [0, 0.05) is 17.0 Å². The van der Waals surface area contributed by atoms with Gasteiger partial charge in [0.05, 0.1) is 11.9 Å². The molecule has 0 saturated carbocycles. The summed E-state index contributed by atoms with van der Waals surface area (Å²) in [5, 5.41) is 8.72. The molecule has 0 spiro atoms. The van der Waals surface area contributed by atoms with Crippen molar-refractivity contribution in [3.63, 3.8) is 0 Å². The number of hydrogen-bond donors (Lipinski definition) is 1. The molecule has 1 aliphatic carbocycles. The first-order valence-corrected chi connectivity index (χ1v) is 4.94. The first-order valence-electron chi connectivity index (χ1n) is 4.06. The quantitative estimate of drug-likeness (QED) is 0.748. The van der Waals surface area contributed by atoms with Crippen LogP contribution in [0.15, 0.2) is 23.4 Å². The third kappa shape index (κ3) is 1.95. The highest BCUT2D eigenvalue weighted by molar-refractivity contribution is 7.09. The van der Waals surface area contributed by atoms with E-state index in [9.17, 15) is 4.79 Å². The average molecular weight is 195 g/mol. The Labute approximate surface area is 79.7 Å². The number of carbonyl (C=O) groups is 1. The number of carboxylic acid groups (broad SMARTS) is 1. The molecular formula is C9H9NO2S. The SMILES string of the molecule is O=C(O)C[C@@H](C1=CC1)c1cncs1. The molecule has 1 heterocycles. The van der Waals surface area contributed by atoms with Crippen LogP contribution in [0.25, 0.3) is 0 Å². The molecular weight excluding hydrogens is 186 g/mol. The minimum atomic E-state index is -0.744. The van der Waals surface area contributed by atoms with Crippen molar-refractivity contribution in [3.8, 4) is 0 Å². The molecule has 0 unspecified atom stereocenters. The molecule has 68 valence electrons. The monoisotopic (exact) mass is 195 g/mol. The maximum absolute atomic E-state index is 10.6. The van der Waals surface area contributed by atoms with E-state index in [0.717, 1.165) is 11.3 Å². The van der Waals surface area contributed by atoms with Crippen molar-refractivity contribution >= 4 is 17.3 Å². The van der Waals surface area contributed by atoms with Gasteiger partial charge in [0.15, 0.2) is 0 Å². The first-order chi connectivity index (χ1) is 6.27. The maximum atomic E-state index is 10.6. The van der Waals surface area contributed by atoms with Crippen molar-refractivity contribution in [2.24, 2.45) is 0 Å². The number of rotatable bonds is 4. The molecule has 13 heavy (non-hydrogen) atoms. The largest absolute Gasteiger partial charge is 0.481 e. The Balaban J connectivity index is 2.14. The van der Waals surface area contributed by atoms with Gasteiger partial charge in [-0.25, -0.2) is 0 Å². The maximum Gasteiger partial charge on any atom is 0.304 e. The molecule has 0 bridgehead atoms. The smallest absolute Gasteiger partial charge is 0.304 e. The van der Waals surface area contributed by atoms with Gasteiger partial charge in [0.1, 0.15) is 0 Å². The van der Waals surface area contributed by atoms with Gasteiger partial charge in [-0.1, -0.05) is 11.6 Å². The van der Waals surface area contributed by atoms with E-state index in [-0.39, 0.29) is 12.3 Å². The first kappa shape index (κ1) is 8.44. The van der Waals surface area contributed by atoms with Crippen LogP contribution in [0.1, 0.15) is 23.6 Å². The van der Waals surface area contributed by atoms with E-state index in [0.29, 0.717) is 0 Å². The molecule has 0 radical (unpaired) electrons. The number of nitrogens with zero attached hydrogens (tertiary/aromatic N) is 1. The van der Waals surface area contributed by atoms with E-state index in [4.69, 9.17) is 5.11 Å². The van der Waals surface area contributed by atoms with Gasteiger partial charge in [-0.15, -0.1) is 11.3 Å². The van der Waals surface area contributed by atoms with Gasteiger partial charge >= 0.3 is 5.97 Å². The van der Waals surface area contributed by atoms with E-state index >= 15 is 0 Å². The Kier molecular flexibility index (Phi) is 2.14. The van der Waals surface area contributed by atoms with Gasteiger partial charge in [-0.3, -0.25) is 9.78 Å². The Hall–Kier alpha value is -1.16. The second-order valence-electron chi connectivity index (χ2n) is 3.04. The zero-order chi connectivity index (χ0) is 9.26. The van der Waals surface area contributed by atoms with E-state index in [1.54, 1.807) is 11.7 Å². The molecule has 2 rings (SSSR count). The predicted octanol–water partition coefficient (Wildman–Crippen LogP) is 2.03. The molecule has 1 atom stereocenters. The lowest BCUT2D eigenvalue weighted by Crippen LogP contribution is -2.03. The highest BCUT2D eigenvalue weighted by Crippen LogP contribution is 2.39. The number of aromatic nitrogens is 1. The Morgan fingerprint density at radius 2 is 2.54 bits per heavy atom. The van der Waals surface area contributed by atoms with E-state index < -0.39 is 5.97 Å². The van der Waals surface area contributed by atoms with Crippen molar-refractivity contribution in [1.29, 1.82) is 0 Å². The van der Waals surface area contributed by atoms with E-state index in [1.165, 1.54) is 16.9 Å². The van der Waals surface area contributed by atoms with Crippen LogP contribution in [0.2, 0.25) is 0 Å². The van der Waals surface area contributed by atoms with Crippen molar-refractivity contribution in [3.05, 3.63) is 28.2 Å². The van der Waals surface area contributed by atoms with Crippen LogP contribution in [0, 0.1) is 0 Å². The van der Waals surface area contributed by atoms with Crippen LogP contribution in [0.3, 0.4) is 0 Å². The second kappa shape index (κ2) is 3.30. The van der Waals surface area contributed by atoms with Crippen LogP contribution in [0.4, 0.5) is 0 Å². The van der Waals surface area contributed by atoms with Crippen molar-refractivity contribution < 1.29 is 9.90 Å². The zero-order valence-electron chi connectivity index (χ0n) is 6.93. The molecule has 0 amide bonds. The number of hydrogen-bond acceptors (Lipinski definition) is 3. The van der Waals surface area contributed by atoms with Crippen molar-refractivity contribution in [2.45, 2.75) is 18.8 Å². The van der Waals surface area contributed by atoms with Crippen LogP contribution in [-0.2, 0) is 4.79 Å². The molecule has 1 aromatic heterocycles. The van der Waals surface area contributed by atoms with Crippen molar-refractivity contribution in [1.82, 2.24) is 4.98 Å². The number of allylic oxidation sites excluding steroid dienone is 2. The summed E-state index contributed by atoms with van der Waals surface area (Å²) >= 11 is 1.53. The topological polar surface area (TPSA) is 50.2 Å². The summed E-state index contributed by atoms with van der Waals surface area (Å²) in [5.41, 5.74) is 2.99. The Bertz CT molecular complexity index is 343. The van der Waals surface area contributed by atoms with Crippen molar-refractivity contribution in [2.75, 3.05) is 0 Å². The highest BCUT2D eigenvalue weighted by atomic mass is 32.1. The fourth-order valence-electron chi connectivity index (χ4n) is 1.33. The van der Waals surface area contributed by atoms with E-state index in [1.807, 2.05) is 0 Å². The molecule has 0 saturated heterocycles. The molecule has 0 aliphatic heterocycles. The average Bonchev–Trinajstić information content (AvgIpc) is 2.77. The van der Waals surface area contributed by atoms with Crippen LogP contribution >= 0.6 is 11.3 Å². The minimum absolute atomic E-state index is 0.0741. The van der Waals surface area contributed by atoms with Crippen LogP contribution in [-0.4, -0.2) is 16.1 Å². The summed E-state index contributed by atoms with van der Waals surface area (Å²) in [5.74, 6) is -0.670. The lowest BCUT2D eigenvalue weighted by atomic mass is 10.0. The Morgan fingerprint density at radius 1 is 1.77 bits per heavy atom. The summed E-state index contributed by atoms with van der Waals surface area (Å²) in [6.45, 7) is 0. The summed E-state index contributed by atoms with van der Waals surface area (Å²) in [4.78, 5) is 15.6. The van der Waals surface area contributed by atoms with Gasteiger partial charge in [0.2, 0.25) is 0 Å². The predicted molar refractivity (Wildman–Crippen MR) is 49.8 cm³/mol. The lowest BCUT2D eigenvalue weighted by Gasteiger charge is -2.07. The summed E-state index contributed by atoms with van der Waals surface area (Å²) in [6, 6.07) is 0. The van der Waals surface area contributed by atoms with Gasteiger partial charge in [-0.2, -0.15) is 0 Å². The standard InChI is InChI=1S/C9H9NO2S/c11-9(12)3-7(6-1-2-6)8-4-10-5-13-8/h1,4-5,7H,2-3H2,(H,11,12)/t7-/m0/s1. The summed E-state index contributed by atoms with van der Waals surface area (Å²) in [6.07, 6.45) is 4.99. The van der Waals surface area contributed by atoms with Crippen LogP contribution < -0.4 is 0 Å². The third-order valence-electron chi connectivity index (χ3n) is 2.06. The molecule has 0 fully saturated rings.